The van der Waals surface area contributed by atoms with E-state index in [1.807, 2.05) is 14.1 Å². The van der Waals surface area contributed by atoms with E-state index >= 15 is 0 Å². The van der Waals surface area contributed by atoms with Crippen molar-refractivity contribution in [1.29, 1.82) is 0 Å². The maximum atomic E-state index is 5.63. The van der Waals surface area contributed by atoms with Gasteiger partial charge in [0.15, 0.2) is 0 Å². The van der Waals surface area contributed by atoms with Crippen LogP contribution in [-0.2, 0) is 4.74 Å². The summed E-state index contributed by atoms with van der Waals surface area (Å²) in [6.45, 7) is 6.54. The smallest absolute Gasteiger partial charge is 0.231 e. The molecule has 0 spiro atoms. The summed E-state index contributed by atoms with van der Waals surface area (Å²) < 4.78 is 5.49. The molecule has 1 aromatic rings. The molecule has 7 nitrogen and oxygen atoms in total. The molecule has 0 saturated carbocycles. The first-order valence-corrected chi connectivity index (χ1v) is 6.49. The lowest BCUT2D eigenvalue weighted by molar-refractivity contribution is 0.110. The van der Waals surface area contributed by atoms with Crippen molar-refractivity contribution in [3.63, 3.8) is 0 Å². The van der Waals surface area contributed by atoms with Gasteiger partial charge in [-0.2, -0.15) is 15.0 Å². The molecule has 0 saturated heterocycles. The number of rotatable bonds is 8. The van der Waals surface area contributed by atoms with Crippen LogP contribution in [0.1, 0.15) is 20.3 Å². The van der Waals surface area contributed by atoms with Gasteiger partial charge in [0.2, 0.25) is 17.8 Å². The van der Waals surface area contributed by atoms with Crippen LogP contribution in [0.25, 0.3) is 0 Å². The van der Waals surface area contributed by atoms with Gasteiger partial charge in [0.1, 0.15) is 0 Å². The highest BCUT2D eigenvalue weighted by atomic mass is 16.5. The van der Waals surface area contributed by atoms with Gasteiger partial charge in [0, 0.05) is 33.9 Å². The van der Waals surface area contributed by atoms with E-state index in [0.717, 1.165) is 26.2 Å². The Morgan fingerprint density at radius 2 is 2.00 bits per heavy atom. The van der Waals surface area contributed by atoms with E-state index in [9.17, 15) is 0 Å². The molecule has 1 heterocycles. The van der Waals surface area contributed by atoms with Crippen LogP contribution >= 0.6 is 0 Å². The molecule has 0 radical (unpaired) electrons. The van der Waals surface area contributed by atoms with E-state index in [1.54, 1.807) is 4.90 Å². The topological polar surface area (TPSA) is 89.2 Å². The first-order chi connectivity index (χ1) is 8.99. The van der Waals surface area contributed by atoms with E-state index in [-0.39, 0.29) is 5.95 Å². The third-order valence-corrected chi connectivity index (χ3v) is 2.24. The molecule has 0 fully saturated rings. The SMILES string of the molecule is CC(C)COCCCNc1nc(N)nc(N(C)C)n1. The molecule has 0 aliphatic carbocycles. The number of hydrogen-bond acceptors (Lipinski definition) is 7. The van der Waals surface area contributed by atoms with Crippen molar-refractivity contribution in [1.82, 2.24) is 15.0 Å². The second-order valence-electron chi connectivity index (χ2n) is 4.96. The molecule has 0 aromatic carbocycles. The van der Waals surface area contributed by atoms with Gasteiger partial charge in [-0.05, 0) is 12.3 Å². The average Bonchev–Trinajstić information content (AvgIpc) is 2.32. The standard InChI is InChI=1S/C12H24N6O/c1-9(2)8-19-7-5-6-14-11-15-10(13)16-12(17-11)18(3)4/h9H,5-8H2,1-4H3,(H3,13,14,15,16,17). The van der Waals surface area contributed by atoms with Gasteiger partial charge in [-0.15, -0.1) is 0 Å². The van der Waals surface area contributed by atoms with Crippen molar-refractivity contribution in [2.45, 2.75) is 20.3 Å². The lowest BCUT2D eigenvalue weighted by Gasteiger charge is -2.12. The summed E-state index contributed by atoms with van der Waals surface area (Å²) >= 11 is 0. The molecular weight excluding hydrogens is 244 g/mol. The van der Waals surface area contributed by atoms with Crippen LogP contribution in [0, 0.1) is 5.92 Å². The lowest BCUT2D eigenvalue weighted by Crippen LogP contribution is -2.17. The van der Waals surface area contributed by atoms with Crippen LogP contribution in [0.4, 0.5) is 17.8 Å². The Balaban J connectivity index is 2.33. The number of nitrogens with zero attached hydrogens (tertiary/aromatic N) is 4. The Hall–Kier alpha value is -1.63. The Kier molecular flexibility index (Phi) is 6.27. The molecule has 108 valence electrons. The molecule has 3 N–H and O–H groups in total. The molecule has 19 heavy (non-hydrogen) atoms. The van der Waals surface area contributed by atoms with E-state index in [4.69, 9.17) is 10.5 Å². The van der Waals surface area contributed by atoms with Crippen LogP contribution in [0.3, 0.4) is 0 Å². The van der Waals surface area contributed by atoms with Crippen LogP contribution in [-0.4, -0.2) is 48.8 Å². The third kappa shape index (κ3) is 6.19. The second kappa shape index (κ2) is 7.73. The van der Waals surface area contributed by atoms with Gasteiger partial charge in [-0.25, -0.2) is 0 Å². The molecule has 1 rings (SSSR count). The number of nitrogen functional groups attached to an aromatic ring is 1. The van der Waals surface area contributed by atoms with Crippen molar-refractivity contribution >= 4 is 17.8 Å². The van der Waals surface area contributed by atoms with Gasteiger partial charge in [-0.1, -0.05) is 13.8 Å². The van der Waals surface area contributed by atoms with Crippen molar-refractivity contribution in [3.05, 3.63) is 0 Å². The summed E-state index contributed by atoms with van der Waals surface area (Å²) in [5, 5.41) is 3.12. The molecule has 0 unspecified atom stereocenters. The Labute approximate surface area is 114 Å². The number of aromatic nitrogens is 3. The zero-order chi connectivity index (χ0) is 14.3. The third-order valence-electron chi connectivity index (χ3n) is 2.24. The highest BCUT2D eigenvalue weighted by molar-refractivity contribution is 5.40. The number of nitrogens with one attached hydrogen (secondary N) is 1. The quantitative estimate of drug-likeness (QED) is 0.680. The molecule has 7 heteroatoms. The molecule has 0 bridgehead atoms. The summed E-state index contributed by atoms with van der Waals surface area (Å²) in [6, 6.07) is 0. The predicted octanol–water partition coefficient (Wildman–Crippen LogP) is 0.994. The zero-order valence-electron chi connectivity index (χ0n) is 12.2. The van der Waals surface area contributed by atoms with E-state index in [0.29, 0.717) is 17.8 Å². The van der Waals surface area contributed by atoms with Crippen molar-refractivity contribution in [2.75, 3.05) is 49.8 Å². The Morgan fingerprint density at radius 3 is 2.63 bits per heavy atom. The van der Waals surface area contributed by atoms with Crippen LogP contribution in [0.15, 0.2) is 0 Å². The van der Waals surface area contributed by atoms with Gasteiger partial charge in [0.05, 0.1) is 0 Å². The van der Waals surface area contributed by atoms with Gasteiger partial charge in [0.25, 0.3) is 0 Å². The molecular formula is C12H24N6O. The monoisotopic (exact) mass is 268 g/mol. The maximum Gasteiger partial charge on any atom is 0.231 e. The van der Waals surface area contributed by atoms with E-state index < -0.39 is 0 Å². The minimum atomic E-state index is 0.220. The average molecular weight is 268 g/mol. The molecule has 0 aliphatic rings. The number of hydrogen-bond donors (Lipinski definition) is 2. The number of ether oxygens (including phenoxy) is 1. The Morgan fingerprint density at radius 1 is 1.26 bits per heavy atom. The molecule has 1 aromatic heterocycles. The summed E-state index contributed by atoms with van der Waals surface area (Å²) in [4.78, 5) is 14.1. The fourth-order valence-corrected chi connectivity index (χ4v) is 1.35. The highest BCUT2D eigenvalue weighted by Gasteiger charge is 2.05. The van der Waals surface area contributed by atoms with Crippen LogP contribution in [0.2, 0.25) is 0 Å². The van der Waals surface area contributed by atoms with E-state index in [2.05, 4.69) is 34.1 Å². The summed E-state index contributed by atoms with van der Waals surface area (Å²) in [5.74, 6) is 1.84. The van der Waals surface area contributed by atoms with Gasteiger partial charge < -0.3 is 20.7 Å². The fraction of sp³-hybridized carbons (Fsp3) is 0.750. The van der Waals surface area contributed by atoms with Crippen LogP contribution < -0.4 is 16.0 Å². The predicted molar refractivity (Wildman–Crippen MR) is 77.3 cm³/mol. The molecule has 0 amide bonds. The maximum absolute atomic E-state index is 5.63. The summed E-state index contributed by atoms with van der Waals surface area (Å²) in [5.41, 5.74) is 5.63. The van der Waals surface area contributed by atoms with Gasteiger partial charge >= 0.3 is 0 Å². The molecule has 0 aliphatic heterocycles. The largest absolute Gasteiger partial charge is 0.381 e. The molecule has 0 atom stereocenters. The van der Waals surface area contributed by atoms with E-state index in [1.165, 1.54) is 0 Å². The highest BCUT2D eigenvalue weighted by Crippen LogP contribution is 2.08. The second-order valence-corrected chi connectivity index (χ2v) is 4.96. The normalized spacial score (nSPS) is 10.8. The van der Waals surface area contributed by atoms with Crippen LogP contribution in [0.5, 0.6) is 0 Å². The summed E-state index contributed by atoms with van der Waals surface area (Å²) in [6.07, 6.45) is 0.898. The first kappa shape index (κ1) is 15.4. The van der Waals surface area contributed by atoms with Crippen molar-refractivity contribution < 1.29 is 4.74 Å². The minimum absolute atomic E-state index is 0.220. The lowest BCUT2D eigenvalue weighted by atomic mass is 10.2. The van der Waals surface area contributed by atoms with Gasteiger partial charge in [-0.3, -0.25) is 0 Å². The van der Waals surface area contributed by atoms with Crippen molar-refractivity contribution in [2.24, 2.45) is 5.92 Å². The minimum Gasteiger partial charge on any atom is -0.381 e. The first-order valence-electron chi connectivity index (χ1n) is 6.49. The zero-order valence-corrected chi connectivity index (χ0v) is 12.2. The number of anilines is 3. The fourth-order valence-electron chi connectivity index (χ4n) is 1.35. The van der Waals surface area contributed by atoms with Crippen molar-refractivity contribution in [3.8, 4) is 0 Å². The Bertz CT molecular complexity index is 382. The number of nitrogens with two attached hydrogens (primary N) is 1. The summed E-state index contributed by atoms with van der Waals surface area (Å²) in [7, 11) is 3.72.